The van der Waals surface area contributed by atoms with E-state index in [1.165, 1.54) is 5.56 Å². The number of hydrogen-bond acceptors (Lipinski definition) is 3. The Morgan fingerprint density at radius 1 is 0.829 bits per heavy atom. The molecule has 6 heteroatoms. The largest absolute Gasteiger partial charge is 0.354 e. The van der Waals surface area contributed by atoms with Gasteiger partial charge >= 0.3 is 0 Å². The molecule has 0 aromatic heterocycles. The van der Waals surface area contributed by atoms with Gasteiger partial charge in [0.05, 0.1) is 10.7 Å². The molecule has 1 aliphatic heterocycles. The summed E-state index contributed by atoms with van der Waals surface area (Å²) in [6, 6.07) is 26.1. The molecule has 0 radical (unpaired) electrons. The third-order valence-corrected chi connectivity index (χ3v) is 6.76. The zero-order chi connectivity index (χ0) is 24.6. The van der Waals surface area contributed by atoms with Crippen LogP contribution in [0.5, 0.6) is 0 Å². The van der Waals surface area contributed by atoms with Crippen LogP contribution in [0.25, 0.3) is 0 Å². The van der Waals surface area contributed by atoms with Crippen LogP contribution in [0, 0.1) is 0 Å². The molecule has 1 fully saturated rings. The summed E-state index contributed by atoms with van der Waals surface area (Å²) in [7, 11) is 0. The Morgan fingerprint density at radius 3 is 2.06 bits per heavy atom. The van der Waals surface area contributed by atoms with Crippen molar-refractivity contribution in [3.8, 4) is 0 Å². The molecule has 5 nitrogen and oxygen atoms in total. The molecule has 35 heavy (non-hydrogen) atoms. The van der Waals surface area contributed by atoms with E-state index in [2.05, 4.69) is 40.1 Å². The molecule has 3 aromatic carbocycles. The Kier molecular flexibility index (Phi) is 8.56. The van der Waals surface area contributed by atoms with E-state index in [4.69, 9.17) is 16.6 Å². The first-order valence-electron chi connectivity index (χ1n) is 12.3. The molecule has 1 aliphatic rings. The lowest BCUT2D eigenvalue weighted by atomic mass is 10.1. The fourth-order valence-corrected chi connectivity index (χ4v) is 4.57. The number of amides is 1. The van der Waals surface area contributed by atoms with Gasteiger partial charge in [-0.25, -0.2) is 4.99 Å². The van der Waals surface area contributed by atoms with E-state index >= 15 is 0 Å². The Bertz CT molecular complexity index is 1130. The third kappa shape index (κ3) is 6.30. The number of nitrogens with zero attached hydrogens (tertiary/aromatic N) is 4. The van der Waals surface area contributed by atoms with Gasteiger partial charge in [-0.1, -0.05) is 66.2 Å². The standard InChI is InChI=1S/C29H33ClN4O/c1-3-33(4-2)29(35)25-16-14-24(15-17-25)28(31-27-13-9-8-12-26(27)30)34-20-18-32(19-21-34)22-23-10-6-5-7-11-23/h5-17H,3-4,18-22H2,1-2H3. The van der Waals surface area contributed by atoms with Gasteiger partial charge < -0.3 is 9.80 Å². The highest BCUT2D eigenvalue weighted by atomic mass is 35.5. The molecule has 0 aliphatic carbocycles. The highest BCUT2D eigenvalue weighted by molar-refractivity contribution is 6.33. The summed E-state index contributed by atoms with van der Waals surface area (Å²) in [5, 5.41) is 0.626. The predicted molar refractivity (Wildman–Crippen MR) is 145 cm³/mol. The molecule has 0 atom stereocenters. The van der Waals surface area contributed by atoms with Crippen LogP contribution in [-0.2, 0) is 6.54 Å². The van der Waals surface area contributed by atoms with Crippen molar-refractivity contribution in [2.24, 2.45) is 4.99 Å². The first kappa shape index (κ1) is 25.0. The maximum atomic E-state index is 12.8. The maximum Gasteiger partial charge on any atom is 0.253 e. The zero-order valence-corrected chi connectivity index (χ0v) is 21.3. The van der Waals surface area contributed by atoms with Crippen LogP contribution in [0.3, 0.4) is 0 Å². The highest BCUT2D eigenvalue weighted by Crippen LogP contribution is 2.26. The Morgan fingerprint density at radius 2 is 1.43 bits per heavy atom. The van der Waals surface area contributed by atoms with Crippen molar-refractivity contribution < 1.29 is 4.79 Å². The predicted octanol–water partition coefficient (Wildman–Crippen LogP) is 5.72. The van der Waals surface area contributed by atoms with Crippen molar-refractivity contribution in [3.63, 3.8) is 0 Å². The first-order valence-corrected chi connectivity index (χ1v) is 12.7. The minimum absolute atomic E-state index is 0.0562. The minimum atomic E-state index is 0.0562. The smallest absolute Gasteiger partial charge is 0.253 e. The summed E-state index contributed by atoms with van der Waals surface area (Å²) in [5.41, 5.74) is 3.76. The van der Waals surface area contributed by atoms with E-state index in [0.717, 1.165) is 49.8 Å². The van der Waals surface area contributed by atoms with Crippen LogP contribution >= 0.6 is 11.6 Å². The number of benzene rings is 3. The summed E-state index contributed by atoms with van der Waals surface area (Å²) < 4.78 is 0. The summed E-state index contributed by atoms with van der Waals surface area (Å²) >= 11 is 6.46. The molecule has 0 saturated carbocycles. The van der Waals surface area contributed by atoms with Crippen molar-refractivity contribution in [1.82, 2.24) is 14.7 Å². The molecular weight excluding hydrogens is 456 g/mol. The normalized spacial score (nSPS) is 14.7. The Labute approximate surface area is 213 Å². The average Bonchev–Trinajstić information content (AvgIpc) is 2.90. The van der Waals surface area contributed by atoms with Crippen LogP contribution in [0.1, 0.15) is 35.3 Å². The molecule has 1 amide bonds. The lowest BCUT2D eigenvalue weighted by Gasteiger charge is -2.36. The second-order valence-electron chi connectivity index (χ2n) is 8.69. The number of halogens is 1. The van der Waals surface area contributed by atoms with Gasteiger partial charge in [-0.2, -0.15) is 0 Å². The number of amidine groups is 1. The molecule has 3 aromatic rings. The molecule has 1 saturated heterocycles. The Balaban J connectivity index is 1.56. The monoisotopic (exact) mass is 488 g/mol. The molecule has 0 spiro atoms. The number of piperazine rings is 1. The molecule has 4 rings (SSSR count). The summed E-state index contributed by atoms with van der Waals surface area (Å²) in [4.78, 5) is 24.4. The maximum absolute atomic E-state index is 12.8. The van der Waals surface area contributed by atoms with E-state index in [1.807, 2.05) is 67.3 Å². The second kappa shape index (κ2) is 12.0. The third-order valence-electron chi connectivity index (χ3n) is 6.44. The lowest BCUT2D eigenvalue weighted by molar-refractivity contribution is 0.0773. The van der Waals surface area contributed by atoms with Crippen LogP contribution in [0.4, 0.5) is 5.69 Å². The number of rotatable bonds is 7. The molecule has 182 valence electrons. The van der Waals surface area contributed by atoms with Gasteiger partial charge in [-0.3, -0.25) is 9.69 Å². The van der Waals surface area contributed by atoms with Crippen molar-refractivity contribution in [2.45, 2.75) is 20.4 Å². The van der Waals surface area contributed by atoms with Crippen molar-refractivity contribution in [2.75, 3.05) is 39.3 Å². The van der Waals surface area contributed by atoms with Crippen LogP contribution < -0.4 is 0 Å². The molecular formula is C29H33ClN4O. The van der Waals surface area contributed by atoms with E-state index in [1.54, 1.807) is 0 Å². The minimum Gasteiger partial charge on any atom is -0.354 e. The fraction of sp³-hybridized carbons (Fsp3) is 0.310. The fourth-order valence-electron chi connectivity index (χ4n) is 4.39. The molecule has 0 N–H and O–H groups in total. The van der Waals surface area contributed by atoms with E-state index < -0.39 is 0 Å². The van der Waals surface area contributed by atoms with Gasteiger partial charge in [0.25, 0.3) is 5.91 Å². The Hall–Kier alpha value is -3.15. The number of hydrogen-bond donors (Lipinski definition) is 0. The van der Waals surface area contributed by atoms with Crippen LogP contribution in [0.2, 0.25) is 5.02 Å². The summed E-state index contributed by atoms with van der Waals surface area (Å²) in [6.07, 6.45) is 0. The molecule has 1 heterocycles. The molecule has 0 unspecified atom stereocenters. The molecule has 0 bridgehead atoms. The van der Waals surface area contributed by atoms with Crippen LogP contribution in [0.15, 0.2) is 83.9 Å². The van der Waals surface area contributed by atoms with Crippen LogP contribution in [-0.4, -0.2) is 65.7 Å². The SMILES string of the molecule is CCN(CC)C(=O)c1ccc(C(=Nc2ccccc2Cl)N2CCN(Cc3ccccc3)CC2)cc1. The number of aliphatic imine (C=N–C) groups is 1. The number of para-hydroxylation sites is 1. The topological polar surface area (TPSA) is 39.2 Å². The summed E-state index contributed by atoms with van der Waals surface area (Å²) in [6.45, 7) is 10.0. The first-order chi connectivity index (χ1) is 17.1. The van der Waals surface area contributed by atoms with E-state index in [0.29, 0.717) is 23.7 Å². The van der Waals surface area contributed by atoms with Gasteiger partial charge in [0.1, 0.15) is 5.84 Å². The summed E-state index contributed by atoms with van der Waals surface area (Å²) in [5.74, 6) is 0.944. The average molecular weight is 489 g/mol. The van der Waals surface area contributed by atoms with Gasteiger partial charge in [0.15, 0.2) is 0 Å². The van der Waals surface area contributed by atoms with Crippen molar-refractivity contribution >= 4 is 29.0 Å². The second-order valence-corrected chi connectivity index (χ2v) is 9.10. The van der Waals surface area contributed by atoms with E-state index in [9.17, 15) is 4.79 Å². The van der Waals surface area contributed by atoms with Gasteiger partial charge in [0.2, 0.25) is 0 Å². The number of carbonyl (C=O) groups is 1. The lowest BCUT2D eigenvalue weighted by Crippen LogP contribution is -2.48. The van der Waals surface area contributed by atoms with Gasteiger partial charge in [-0.05, 0) is 43.7 Å². The van der Waals surface area contributed by atoms with Crippen molar-refractivity contribution in [1.29, 1.82) is 0 Å². The zero-order valence-electron chi connectivity index (χ0n) is 20.5. The number of carbonyl (C=O) groups excluding carboxylic acids is 1. The highest BCUT2D eigenvalue weighted by Gasteiger charge is 2.22. The quantitative estimate of drug-likeness (QED) is 0.315. The van der Waals surface area contributed by atoms with Crippen molar-refractivity contribution in [3.05, 3.63) is 101 Å². The van der Waals surface area contributed by atoms with E-state index in [-0.39, 0.29) is 5.91 Å². The van der Waals surface area contributed by atoms with Gasteiger partial charge in [0, 0.05) is 56.9 Å². The van der Waals surface area contributed by atoms with Gasteiger partial charge in [-0.15, -0.1) is 0 Å².